The van der Waals surface area contributed by atoms with Crippen LogP contribution in [0, 0.1) is 11.3 Å². The van der Waals surface area contributed by atoms with Gasteiger partial charge in [0, 0.05) is 12.6 Å². The van der Waals surface area contributed by atoms with E-state index in [1.165, 1.54) is 22.5 Å². The van der Waals surface area contributed by atoms with Crippen molar-refractivity contribution in [3.63, 3.8) is 0 Å². The maximum absolute atomic E-state index is 13.0. The summed E-state index contributed by atoms with van der Waals surface area (Å²) in [5.41, 5.74) is 1.36. The van der Waals surface area contributed by atoms with Crippen molar-refractivity contribution in [2.45, 2.75) is 43.7 Å². The SMILES string of the molecule is C[C@@H]1CCCCN1S(=O)(=O)c1cccc(C(=O)OCc2cccc(C#N)c2)c1. The van der Waals surface area contributed by atoms with Crippen LogP contribution in [0.4, 0.5) is 0 Å². The molecule has 1 atom stereocenters. The molecule has 0 N–H and O–H groups in total. The Morgan fingerprint density at radius 3 is 2.75 bits per heavy atom. The fraction of sp³-hybridized carbons (Fsp3) is 0.333. The Kier molecular flexibility index (Phi) is 6.12. The average molecular weight is 398 g/mol. The van der Waals surface area contributed by atoms with Gasteiger partial charge in [-0.05, 0) is 55.7 Å². The molecule has 0 spiro atoms. The molecule has 6 nitrogen and oxygen atoms in total. The first kappa shape index (κ1) is 20.1. The number of rotatable bonds is 5. The molecule has 1 saturated heterocycles. The summed E-state index contributed by atoms with van der Waals surface area (Å²) in [7, 11) is -3.65. The summed E-state index contributed by atoms with van der Waals surface area (Å²) in [6.07, 6.45) is 2.70. The van der Waals surface area contributed by atoms with Crippen LogP contribution >= 0.6 is 0 Å². The second-order valence-corrected chi connectivity index (χ2v) is 8.77. The van der Waals surface area contributed by atoms with Gasteiger partial charge in [0.1, 0.15) is 6.61 Å². The van der Waals surface area contributed by atoms with Crippen LogP contribution in [0.2, 0.25) is 0 Å². The van der Waals surface area contributed by atoms with Gasteiger partial charge in [0.05, 0.1) is 22.1 Å². The molecule has 1 aliphatic heterocycles. The number of nitrogens with zero attached hydrogens (tertiary/aromatic N) is 2. The van der Waals surface area contributed by atoms with Gasteiger partial charge in [-0.3, -0.25) is 0 Å². The first-order chi connectivity index (χ1) is 13.4. The highest BCUT2D eigenvalue weighted by Crippen LogP contribution is 2.25. The van der Waals surface area contributed by atoms with Crippen molar-refractivity contribution in [3.05, 3.63) is 65.2 Å². The van der Waals surface area contributed by atoms with Gasteiger partial charge >= 0.3 is 5.97 Å². The molecule has 0 bridgehead atoms. The molecule has 1 heterocycles. The number of benzene rings is 2. The number of sulfonamides is 1. The monoisotopic (exact) mass is 398 g/mol. The van der Waals surface area contributed by atoms with Gasteiger partial charge in [-0.2, -0.15) is 9.57 Å². The van der Waals surface area contributed by atoms with Crippen LogP contribution in [0.25, 0.3) is 0 Å². The van der Waals surface area contributed by atoms with Gasteiger partial charge in [0.25, 0.3) is 0 Å². The number of piperidine rings is 1. The van der Waals surface area contributed by atoms with Gasteiger partial charge in [-0.1, -0.05) is 24.6 Å². The molecule has 0 unspecified atom stereocenters. The molecular formula is C21H22N2O4S. The van der Waals surface area contributed by atoms with Crippen molar-refractivity contribution in [2.24, 2.45) is 0 Å². The Balaban J connectivity index is 1.75. The van der Waals surface area contributed by atoms with E-state index < -0.39 is 16.0 Å². The quantitative estimate of drug-likeness (QED) is 0.720. The highest BCUT2D eigenvalue weighted by Gasteiger charge is 2.31. The lowest BCUT2D eigenvalue weighted by Gasteiger charge is -2.32. The molecule has 0 amide bonds. The van der Waals surface area contributed by atoms with Crippen LogP contribution in [-0.2, 0) is 21.4 Å². The van der Waals surface area contributed by atoms with Crippen molar-refractivity contribution in [3.8, 4) is 6.07 Å². The number of esters is 1. The molecule has 7 heteroatoms. The Hall–Kier alpha value is -2.69. The molecule has 28 heavy (non-hydrogen) atoms. The average Bonchev–Trinajstić information content (AvgIpc) is 2.72. The minimum atomic E-state index is -3.65. The summed E-state index contributed by atoms with van der Waals surface area (Å²) in [6, 6.07) is 14.7. The summed E-state index contributed by atoms with van der Waals surface area (Å²) in [4.78, 5) is 12.5. The molecule has 2 aromatic carbocycles. The van der Waals surface area contributed by atoms with E-state index >= 15 is 0 Å². The third-order valence-electron chi connectivity index (χ3n) is 4.84. The third kappa shape index (κ3) is 4.41. The Morgan fingerprint density at radius 1 is 1.21 bits per heavy atom. The Labute approximate surface area is 165 Å². The zero-order valence-corrected chi connectivity index (χ0v) is 16.5. The zero-order chi connectivity index (χ0) is 20.1. The van der Waals surface area contributed by atoms with Crippen molar-refractivity contribution in [2.75, 3.05) is 6.54 Å². The Bertz CT molecular complexity index is 1010. The van der Waals surface area contributed by atoms with Gasteiger partial charge in [0.2, 0.25) is 10.0 Å². The van der Waals surface area contributed by atoms with Crippen LogP contribution in [0.1, 0.15) is 47.7 Å². The minimum absolute atomic E-state index is 0.00842. The van der Waals surface area contributed by atoms with E-state index in [0.29, 0.717) is 17.7 Å². The summed E-state index contributed by atoms with van der Waals surface area (Å²) in [5.74, 6) is -0.605. The van der Waals surface area contributed by atoms with Gasteiger partial charge in [-0.25, -0.2) is 13.2 Å². The lowest BCUT2D eigenvalue weighted by molar-refractivity contribution is 0.0472. The van der Waals surface area contributed by atoms with Crippen LogP contribution in [0.3, 0.4) is 0 Å². The second-order valence-electron chi connectivity index (χ2n) is 6.88. The van der Waals surface area contributed by atoms with Gasteiger partial charge in [-0.15, -0.1) is 0 Å². The first-order valence-corrected chi connectivity index (χ1v) is 10.6. The molecule has 1 aliphatic rings. The summed E-state index contributed by atoms with van der Waals surface area (Å²) >= 11 is 0. The molecule has 3 rings (SSSR count). The van der Waals surface area contributed by atoms with Crippen molar-refractivity contribution in [1.82, 2.24) is 4.31 Å². The molecule has 146 valence electrons. The second kappa shape index (κ2) is 8.55. The highest BCUT2D eigenvalue weighted by atomic mass is 32.2. The maximum Gasteiger partial charge on any atom is 0.338 e. The summed E-state index contributed by atoms with van der Waals surface area (Å²) < 4.78 is 32.7. The highest BCUT2D eigenvalue weighted by molar-refractivity contribution is 7.89. The topological polar surface area (TPSA) is 87.5 Å². The third-order valence-corrected chi connectivity index (χ3v) is 6.85. The van der Waals surface area contributed by atoms with Gasteiger partial charge < -0.3 is 4.74 Å². The number of nitriles is 1. The predicted octanol–water partition coefficient (Wildman–Crippen LogP) is 3.48. The predicted molar refractivity (Wildman–Crippen MR) is 104 cm³/mol. The summed E-state index contributed by atoms with van der Waals surface area (Å²) in [6.45, 7) is 2.41. The van der Waals surface area contributed by atoms with E-state index in [9.17, 15) is 13.2 Å². The maximum atomic E-state index is 13.0. The van der Waals surface area contributed by atoms with E-state index in [-0.39, 0.29) is 23.1 Å². The van der Waals surface area contributed by atoms with E-state index in [4.69, 9.17) is 10.00 Å². The number of carbonyl (C=O) groups excluding carboxylic acids is 1. The number of hydrogen-bond acceptors (Lipinski definition) is 5. The molecule has 2 aromatic rings. The van der Waals surface area contributed by atoms with E-state index in [0.717, 1.165) is 19.3 Å². The van der Waals surface area contributed by atoms with E-state index in [1.807, 2.05) is 13.0 Å². The molecular weight excluding hydrogens is 376 g/mol. The van der Waals surface area contributed by atoms with Crippen LogP contribution in [-0.4, -0.2) is 31.3 Å². The molecule has 0 aliphatic carbocycles. The largest absolute Gasteiger partial charge is 0.457 e. The standard InChI is InChI=1S/C21H22N2O4S/c1-16-6-2-3-11-23(16)28(25,26)20-10-5-9-19(13-20)21(24)27-15-18-8-4-7-17(12-18)14-22/h4-5,7-10,12-13,16H,2-3,6,11,15H2,1H3/t16-/m1/s1. The minimum Gasteiger partial charge on any atom is -0.457 e. The van der Waals surface area contributed by atoms with Crippen LogP contribution in [0.5, 0.6) is 0 Å². The zero-order valence-electron chi connectivity index (χ0n) is 15.7. The van der Waals surface area contributed by atoms with Crippen LogP contribution in [0.15, 0.2) is 53.4 Å². The number of hydrogen-bond donors (Lipinski definition) is 0. The molecule has 1 fully saturated rings. The van der Waals surface area contributed by atoms with E-state index in [1.54, 1.807) is 30.3 Å². The molecule has 0 saturated carbocycles. The Morgan fingerprint density at radius 2 is 2.00 bits per heavy atom. The van der Waals surface area contributed by atoms with E-state index in [2.05, 4.69) is 0 Å². The smallest absolute Gasteiger partial charge is 0.338 e. The molecule has 0 aromatic heterocycles. The van der Waals surface area contributed by atoms with Crippen molar-refractivity contribution < 1.29 is 17.9 Å². The normalized spacial score (nSPS) is 17.6. The van der Waals surface area contributed by atoms with Gasteiger partial charge in [0.15, 0.2) is 0 Å². The lowest BCUT2D eigenvalue weighted by atomic mass is 10.1. The van der Waals surface area contributed by atoms with Crippen molar-refractivity contribution in [1.29, 1.82) is 5.26 Å². The fourth-order valence-corrected chi connectivity index (χ4v) is 5.06. The summed E-state index contributed by atoms with van der Waals surface area (Å²) in [5, 5.41) is 8.93. The fourth-order valence-electron chi connectivity index (χ4n) is 3.31. The lowest BCUT2D eigenvalue weighted by Crippen LogP contribution is -2.41. The first-order valence-electron chi connectivity index (χ1n) is 9.20. The van der Waals surface area contributed by atoms with Crippen molar-refractivity contribution >= 4 is 16.0 Å². The molecule has 0 radical (unpaired) electrons. The van der Waals surface area contributed by atoms with Crippen LogP contribution < -0.4 is 0 Å². The number of carbonyl (C=O) groups is 1. The number of ether oxygens (including phenoxy) is 1.